The van der Waals surface area contributed by atoms with E-state index in [1.54, 1.807) is 24.6 Å². The lowest BCUT2D eigenvalue weighted by Gasteiger charge is -2.36. The molecular weight excluding hydrogens is 382 g/mol. The monoisotopic (exact) mass is 413 g/mol. The molecule has 1 aromatic carbocycles. The molecule has 0 unspecified atom stereocenters. The number of hydrogen-bond donors (Lipinski definition) is 0. The zero-order chi connectivity index (χ0) is 21.8. The highest BCUT2D eigenvalue weighted by Crippen LogP contribution is 2.15. The first-order valence-corrected chi connectivity index (χ1v) is 10.3. The van der Waals surface area contributed by atoms with Gasteiger partial charge in [-0.2, -0.15) is 0 Å². The third-order valence-corrected chi connectivity index (χ3v) is 5.88. The smallest absolute Gasteiger partial charge is 0.332 e. The number of carbonyl (C=O) groups excluding carboxylic acids is 1. The minimum Gasteiger partial charge on any atom is -0.375 e. The molecule has 0 spiro atoms. The highest BCUT2D eigenvalue weighted by Gasteiger charge is 2.20. The van der Waals surface area contributed by atoms with Crippen molar-refractivity contribution in [1.82, 2.24) is 14.0 Å². The molecule has 162 valence electrons. The van der Waals surface area contributed by atoms with Gasteiger partial charge in [0.15, 0.2) is 5.78 Å². The molecule has 0 amide bonds. The van der Waals surface area contributed by atoms with E-state index < -0.39 is 0 Å². The molecule has 1 aliphatic rings. The van der Waals surface area contributed by atoms with Gasteiger partial charge in [0.25, 0.3) is 5.56 Å². The average molecular weight is 414 g/mol. The van der Waals surface area contributed by atoms with Crippen molar-refractivity contribution in [3.8, 4) is 0 Å². The summed E-state index contributed by atoms with van der Waals surface area (Å²) in [6, 6.07) is 9.27. The fourth-order valence-electron chi connectivity index (χ4n) is 3.84. The first kappa shape index (κ1) is 21.8. The van der Waals surface area contributed by atoms with Crippen LogP contribution in [0.25, 0.3) is 0 Å². The van der Waals surface area contributed by atoms with Crippen molar-refractivity contribution in [2.45, 2.75) is 13.3 Å². The van der Waals surface area contributed by atoms with Crippen molar-refractivity contribution in [3.05, 3.63) is 56.7 Å². The van der Waals surface area contributed by atoms with Gasteiger partial charge in [-0.1, -0.05) is 0 Å². The van der Waals surface area contributed by atoms with Crippen LogP contribution in [0, 0.1) is 0 Å². The number of anilines is 2. The minimum atomic E-state index is -0.292. The van der Waals surface area contributed by atoms with Crippen LogP contribution in [0.1, 0.15) is 23.7 Å². The quantitative estimate of drug-likeness (QED) is 0.629. The first-order chi connectivity index (χ1) is 14.3. The van der Waals surface area contributed by atoms with E-state index in [4.69, 9.17) is 0 Å². The predicted molar refractivity (Wildman–Crippen MR) is 120 cm³/mol. The second-order valence-corrected chi connectivity index (χ2v) is 7.95. The van der Waals surface area contributed by atoms with E-state index in [2.05, 4.69) is 21.7 Å². The number of nitrogens with zero attached hydrogens (tertiary/aromatic N) is 5. The van der Waals surface area contributed by atoms with Crippen LogP contribution in [0.3, 0.4) is 0 Å². The molecule has 3 rings (SSSR count). The minimum absolute atomic E-state index is 0.0827. The van der Waals surface area contributed by atoms with Crippen LogP contribution in [-0.4, -0.2) is 66.1 Å². The SMILES string of the molecule is CC(=O)c1ccc(N(C)CCCN2CCN(c3cc(=O)n(C)c(=O)n3C)CC2)cc1. The molecule has 1 aromatic heterocycles. The van der Waals surface area contributed by atoms with Gasteiger partial charge >= 0.3 is 5.69 Å². The molecule has 8 nitrogen and oxygen atoms in total. The number of aromatic nitrogens is 2. The maximum Gasteiger partial charge on any atom is 0.332 e. The van der Waals surface area contributed by atoms with Crippen LogP contribution in [-0.2, 0) is 14.1 Å². The van der Waals surface area contributed by atoms with E-state index in [9.17, 15) is 14.4 Å². The standard InChI is InChI=1S/C22H31N5O3/c1-17(28)18-6-8-19(9-7-18)23(2)10-5-11-26-12-14-27(15-13-26)20-16-21(29)25(4)22(30)24(20)3/h6-9,16H,5,10-15H2,1-4H3. The van der Waals surface area contributed by atoms with Gasteiger partial charge in [0.2, 0.25) is 0 Å². The lowest BCUT2D eigenvalue weighted by atomic mass is 10.1. The largest absolute Gasteiger partial charge is 0.375 e. The van der Waals surface area contributed by atoms with Crippen molar-refractivity contribution in [1.29, 1.82) is 0 Å². The fraction of sp³-hybridized carbons (Fsp3) is 0.500. The van der Waals surface area contributed by atoms with Gasteiger partial charge in [0, 0.05) is 71.2 Å². The summed E-state index contributed by atoms with van der Waals surface area (Å²) in [6.07, 6.45) is 1.04. The van der Waals surface area contributed by atoms with Gasteiger partial charge in [0.1, 0.15) is 5.82 Å². The summed E-state index contributed by atoms with van der Waals surface area (Å²) in [6.45, 7) is 6.91. The van der Waals surface area contributed by atoms with Crippen LogP contribution in [0.2, 0.25) is 0 Å². The number of hydrogen-bond acceptors (Lipinski definition) is 6. The van der Waals surface area contributed by atoms with Crippen molar-refractivity contribution >= 4 is 17.3 Å². The highest BCUT2D eigenvalue weighted by atomic mass is 16.2. The van der Waals surface area contributed by atoms with Crippen molar-refractivity contribution in [2.24, 2.45) is 14.1 Å². The summed E-state index contributed by atoms with van der Waals surface area (Å²) < 4.78 is 2.67. The Hall–Kier alpha value is -2.87. The second kappa shape index (κ2) is 9.30. The van der Waals surface area contributed by atoms with Crippen molar-refractivity contribution in [2.75, 3.05) is 56.1 Å². The molecule has 0 saturated carbocycles. The highest BCUT2D eigenvalue weighted by molar-refractivity contribution is 5.94. The van der Waals surface area contributed by atoms with E-state index in [-0.39, 0.29) is 17.0 Å². The van der Waals surface area contributed by atoms with E-state index in [1.165, 1.54) is 7.05 Å². The molecule has 1 fully saturated rings. The van der Waals surface area contributed by atoms with Gasteiger partial charge in [-0.05, 0) is 44.2 Å². The third kappa shape index (κ3) is 4.81. The first-order valence-electron chi connectivity index (χ1n) is 10.3. The zero-order valence-corrected chi connectivity index (χ0v) is 18.3. The van der Waals surface area contributed by atoms with Crippen LogP contribution in [0.5, 0.6) is 0 Å². The van der Waals surface area contributed by atoms with Crippen LogP contribution >= 0.6 is 0 Å². The Labute approximate surface area is 176 Å². The number of carbonyl (C=O) groups is 1. The maximum atomic E-state index is 12.2. The summed E-state index contributed by atoms with van der Waals surface area (Å²) in [5.41, 5.74) is 1.28. The van der Waals surface area contributed by atoms with Gasteiger partial charge in [-0.15, -0.1) is 0 Å². The summed E-state index contributed by atoms with van der Waals surface area (Å²) in [5, 5.41) is 0. The molecular formula is C22H31N5O3. The van der Waals surface area contributed by atoms with Gasteiger partial charge in [0.05, 0.1) is 0 Å². The summed E-state index contributed by atoms with van der Waals surface area (Å²) >= 11 is 0. The van der Waals surface area contributed by atoms with E-state index in [1.807, 2.05) is 24.3 Å². The van der Waals surface area contributed by atoms with E-state index in [0.717, 1.165) is 61.5 Å². The third-order valence-electron chi connectivity index (χ3n) is 5.88. The topological polar surface area (TPSA) is 70.8 Å². The molecule has 30 heavy (non-hydrogen) atoms. The molecule has 1 saturated heterocycles. The Morgan fingerprint density at radius 1 is 1.00 bits per heavy atom. The molecule has 0 aliphatic carbocycles. The molecule has 8 heteroatoms. The van der Waals surface area contributed by atoms with Crippen LogP contribution < -0.4 is 21.0 Å². The number of Topliss-reactive ketones (excluding diaryl/α,β-unsaturated/α-hetero) is 1. The average Bonchev–Trinajstić information content (AvgIpc) is 2.75. The Bertz CT molecular complexity index is 1000. The Kier molecular flexibility index (Phi) is 6.77. The van der Waals surface area contributed by atoms with E-state index in [0.29, 0.717) is 5.82 Å². The summed E-state index contributed by atoms with van der Waals surface area (Å²) in [7, 11) is 5.28. The molecule has 0 atom stereocenters. The maximum absolute atomic E-state index is 12.2. The number of rotatable bonds is 7. The van der Waals surface area contributed by atoms with Gasteiger partial charge < -0.3 is 9.80 Å². The molecule has 2 aromatic rings. The molecule has 2 heterocycles. The van der Waals surface area contributed by atoms with Gasteiger partial charge in [-0.3, -0.25) is 23.6 Å². The van der Waals surface area contributed by atoms with Crippen LogP contribution in [0.4, 0.5) is 11.5 Å². The predicted octanol–water partition coefficient (Wildman–Crippen LogP) is 0.935. The van der Waals surface area contributed by atoms with E-state index >= 15 is 0 Å². The molecule has 0 bridgehead atoms. The van der Waals surface area contributed by atoms with Crippen LogP contribution in [0.15, 0.2) is 39.9 Å². The van der Waals surface area contributed by atoms with Gasteiger partial charge in [-0.25, -0.2) is 4.79 Å². The number of piperazine rings is 1. The molecule has 0 N–H and O–H groups in total. The summed E-state index contributed by atoms with van der Waals surface area (Å²) in [4.78, 5) is 42.3. The van der Waals surface area contributed by atoms with Crippen molar-refractivity contribution in [3.63, 3.8) is 0 Å². The van der Waals surface area contributed by atoms with Crippen molar-refractivity contribution < 1.29 is 4.79 Å². The molecule has 0 radical (unpaired) electrons. The lowest BCUT2D eigenvalue weighted by Crippen LogP contribution is -2.49. The summed E-state index contributed by atoms with van der Waals surface area (Å²) in [5.74, 6) is 0.774. The Morgan fingerprint density at radius 2 is 1.63 bits per heavy atom. The zero-order valence-electron chi connectivity index (χ0n) is 18.3. The lowest BCUT2D eigenvalue weighted by molar-refractivity contribution is 0.101. The molecule has 1 aliphatic heterocycles. The number of ketones is 1. The fourth-order valence-corrected chi connectivity index (χ4v) is 3.84. The Balaban J connectivity index is 1.48. The normalized spacial score (nSPS) is 14.7. The number of benzene rings is 1. The second-order valence-electron chi connectivity index (χ2n) is 7.95. The Morgan fingerprint density at radius 3 is 2.23 bits per heavy atom.